The lowest BCUT2D eigenvalue weighted by atomic mass is 10.1. The zero-order valence-corrected chi connectivity index (χ0v) is 9.90. The molecule has 0 spiro atoms. The fourth-order valence-electron chi connectivity index (χ4n) is 0.610. The molecule has 11 heavy (non-hydrogen) atoms. The zero-order chi connectivity index (χ0) is 8.43. The molecule has 0 aromatic heterocycles. The van der Waals surface area contributed by atoms with Crippen LogP contribution in [0.2, 0.25) is 0 Å². The summed E-state index contributed by atoms with van der Waals surface area (Å²) in [5.41, 5.74) is 0.381. The average Bonchev–Trinajstić information content (AvgIpc) is 1.96. The third-order valence-corrected chi connectivity index (χ3v) is 2.51. The summed E-state index contributed by atoms with van der Waals surface area (Å²) < 4.78 is 4.96. The highest BCUT2D eigenvalue weighted by molar-refractivity contribution is 9.12. The molecule has 1 rings (SSSR count). The van der Waals surface area contributed by atoms with Crippen molar-refractivity contribution >= 4 is 59.5 Å². The molecule has 1 aliphatic carbocycles. The molecule has 0 saturated carbocycles. The minimum atomic E-state index is -0.120. The van der Waals surface area contributed by atoms with Crippen molar-refractivity contribution in [3.8, 4) is 0 Å². The van der Waals surface area contributed by atoms with Gasteiger partial charge in [0.05, 0.1) is 20.6 Å². The Morgan fingerprint density at radius 3 is 2.45 bits per heavy atom. The molecule has 0 unspecified atom stereocenters. The molecular weight excluding hydrogens is 342 g/mol. The number of nitrogens with zero attached hydrogens (tertiary/aromatic N) is 1. The van der Waals surface area contributed by atoms with Crippen molar-refractivity contribution in [3.05, 3.63) is 21.1 Å². The largest absolute Gasteiger partial charge is 0.286 e. The molecule has 0 bridgehead atoms. The molecule has 0 N–H and O–H groups in total. The van der Waals surface area contributed by atoms with Crippen LogP contribution in [-0.4, -0.2) is 11.5 Å². The molecule has 0 saturated heterocycles. The number of carbonyl (C=O) groups is 1. The zero-order valence-electron chi connectivity index (χ0n) is 5.14. The molecule has 0 heterocycles. The Morgan fingerprint density at radius 1 is 1.27 bits per heavy atom. The summed E-state index contributed by atoms with van der Waals surface area (Å²) in [7, 11) is 0. The predicted molar refractivity (Wildman–Crippen MR) is 55.4 cm³/mol. The minimum Gasteiger partial charge on any atom is -0.286 e. The van der Waals surface area contributed by atoms with Crippen molar-refractivity contribution in [2.75, 3.05) is 0 Å². The lowest BCUT2D eigenvalue weighted by Gasteiger charge is -2.03. The molecule has 0 radical (unpaired) electrons. The second-order valence-corrected chi connectivity index (χ2v) is 3.95. The van der Waals surface area contributed by atoms with E-state index in [2.05, 4.69) is 52.0 Å². The van der Waals surface area contributed by atoms with Gasteiger partial charge in [-0.1, -0.05) is 15.9 Å². The molecule has 0 amide bonds. The Balaban J connectivity index is 3.10. The Hall–Kier alpha value is 0.260. The number of allylic oxidation sites excluding steroid dienone is 4. The molecule has 0 aliphatic heterocycles. The van der Waals surface area contributed by atoms with Crippen molar-refractivity contribution in [3.63, 3.8) is 0 Å². The van der Waals surface area contributed by atoms with Gasteiger partial charge in [-0.3, -0.25) is 4.79 Å². The van der Waals surface area contributed by atoms with Crippen LogP contribution < -0.4 is 0 Å². The lowest BCUT2D eigenvalue weighted by molar-refractivity contribution is -0.109. The maximum atomic E-state index is 11.2. The summed E-state index contributed by atoms with van der Waals surface area (Å²) in [4.78, 5) is 11.2. The van der Waals surface area contributed by atoms with Gasteiger partial charge in [-0.05, 0) is 28.1 Å². The molecule has 1 aliphatic rings. The first-order valence-electron chi connectivity index (χ1n) is 2.63. The number of hydrogen-bond donors (Lipinski definition) is 0. The van der Waals surface area contributed by atoms with E-state index in [9.17, 15) is 4.79 Å². The SMILES string of the molecule is O=C1C(Br)=CC(Br)=C/C1=N\Br. The Morgan fingerprint density at radius 2 is 1.91 bits per heavy atom. The molecule has 0 atom stereocenters. The van der Waals surface area contributed by atoms with Crippen LogP contribution in [0.1, 0.15) is 0 Å². The minimum absolute atomic E-state index is 0.120. The summed E-state index contributed by atoms with van der Waals surface area (Å²) in [5.74, 6) is -0.120. The van der Waals surface area contributed by atoms with E-state index < -0.39 is 0 Å². The van der Waals surface area contributed by atoms with Crippen LogP contribution in [0.4, 0.5) is 0 Å². The average molecular weight is 344 g/mol. The van der Waals surface area contributed by atoms with Crippen molar-refractivity contribution < 1.29 is 4.79 Å². The summed E-state index contributed by atoms with van der Waals surface area (Å²) in [6.07, 6.45) is 3.33. The van der Waals surface area contributed by atoms with Gasteiger partial charge in [-0.25, -0.2) is 4.02 Å². The molecule has 0 fully saturated rings. The van der Waals surface area contributed by atoms with E-state index in [1.165, 1.54) is 0 Å². The van der Waals surface area contributed by atoms with E-state index in [0.29, 0.717) is 10.2 Å². The number of hydrogen-bond acceptors (Lipinski definition) is 2. The quantitative estimate of drug-likeness (QED) is 0.622. The first kappa shape index (κ1) is 9.35. The standard InChI is InChI=1S/C6H2Br3NO/c7-3-1-4(8)6(11)5(2-3)10-9/h1-2H/b10-5+. The van der Waals surface area contributed by atoms with E-state index in [0.717, 1.165) is 4.48 Å². The van der Waals surface area contributed by atoms with Gasteiger partial charge >= 0.3 is 0 Å². The molecule has 58 valence electrons. The number of rotatable bonds is 0. The van der Waals surface area contributed by atoms with Gasteiger partial charge in [-0.15, -0.1) is 0 Å². The number of carbonyl (C=O) groups excluding carboxylic acids is 1. The number of ketones is 1. The van der Waals surface area contributed by atoms with Gasteiger partial charge in [0.25, 0.3) is 0 Å². The Bertz CT molecular complexity index is 290. The fourth-order valence-corrected chi connectivity index (χ4v) is 2.08. The smallest absolute Gasteiger partial charge is 0.218 e. The van der Waals surface area contributed by atoms with Crippen LogP contribution in [0.25, 0.3) is 0 Å². The van der Waals surface area contributed by atoms with E-state index in [1.54, 1.807) is 12.2 Å². The van der Waals surface area contributed by atoms with Crippen LogP contribution in [-0.2, 0) is 4.79 Å². The van der Waals surface area contributed by atoms with Crippen LogP contribution in [0.5, 0.6) is 0 Å². The summed E-state index contributed by atoms with van der Waals surface area (Å²) >= 11 is 9.21. The highest BCUT2D eigenvalue weighted by Gasteiger charge is 2.17. The van der Waals surface area contributed by atoms with Crippen LogP contribution in [0.15, 0.2) is 25.1 Å². The highest BCUT2D eigenvalue weighted by Crippen LogP contribution is 2.21. The van der Waals surface area contributed by atoms with Crippen molar-refractivity contribution in [2.24, 2.45) is 4.02 Å². The van der Waals surface area contributed by atoms with Gasteiger partial charge in [0.15, 0.2) is 0 Å². The maximum Gasteiger partial charge on any atom is 0.218 e. The third kappa shape index (κ3) is 2.10. The predicted octanol–water partition coefficient (Wildman–Crippen LogP) is 2.88. The second kappa shape index (κ2) is 3.78. The van der Waals surface area contributed by atoms with Gasteiger partial charge in [0.2, 0.25) is 5.78 Å². The van der Waals surface area contributed by atoms with E-state index in [1.807, 2.05) is 0 Å². The van der Waals surface area contributed by atoms with E-state index in [-0.39, 0.29) is 5.78 Å². The molecule has 0 aromatic rings. The maximum absolute atomic E-state index is 11.2. The van der Waals surface area contributed by atoms with E-state index in [4.69, 9.17) is 0 Å². The van der Waals surface area contributed by atoms with Crippen LogP contribution in [0, 0.1) is 0 Å². The van der Waals surface area contributed by atoms with Gasteiger partial charge in [0.1, 0.15) is 5.71 Å². The summed E-state index contributed by atoms with van der Waals surface area (Å²) in [6, 6.07) is 0. The second-order valence-electron chi connectivity index (χ2n) is 1.82. The van der Waals surface area contributed by atoms with Crippen LogP contribution >= 0.6 is 48.0 Å². The van der Waals surface area contributed by atoms with Crippen LogP contribution in [0.3, 0.4) is 0 Å². The summed E-state index contributed by atoms with van der Waals surface area (Å²) in [6.45, 7) is 0. The van der Waals surface area contributed by atoms with Gasteiger partial charge in [0, 0.05) is 4.48 Å². The highest BCUT2D eigenvalue weighted by atomic mass is 79.9. The fraction of sp³-hybridized carbons (Fsp3) is 0. The van der Waals surface area contributed by atoms with Gasteiger partial charge in [-0.2, -0.15) is 0 Å². The molecular formula is C6H2Br3NO. The topological polar surface area (TPSA) is 29.4 Å². The molecule has 2 nitrogen and oxygen atoms in total. The molecule has 0 aromatic carbocycles. The monoisotopic (exact) mass is 341 g/mol. The Labute approximate surface area is 89.0 Å². The third-order valence-electron chi connectivity index (χ3n) is 1.08. The number of halogens is 3. The summed E-state index contributed by atoms with van der Waals surface area (Å²) in [5, 5.41) is 0. The first-order valence-corrected chi connectivity index (χ1v) is 4.92. The number of Topliss-reactive ketones (excluding diaryl/α,β-unsaturated/α-hetero) is 1. The lowest BCUT2D eigenvalue weighted by Crippen LogP contribution is -2.13. The van der Waals surface area contributed by atoms with E-state index >= 15 is 0 Å². The normalized spacial score (nSPS) is 21.7. The molecule has 5 heteroatoms. The van der Waals surface area contributed by atoms with Gasteiger partial charge < -0.3 is 0 Å². The van der Waals surface area contributed by atoms with Crippen molar-refractivity contribution in [1.29, 1.82) is 0 Å². The first-order chi connectivity index (χ1) is 5.15. The Kier molecular flexibility index (Phi) is 3.21. The van der Waals surface area contributed by atoms with Crippen molar-refractivity contribution in [1.82, 2.24) is 0 Å². The van der Waals surface area contributed by atoms with Crippen molar-refractivity contribution in [2.45, 2.75) is 0 Å².